The van der Waals surface area contributed by atoms with Gasteiger partial charge in [-0.1, -0.05) is 56.3 Å². The van der Waals surface area contributed by atoms with Crippen LogP contribution in [0.4, 0.5) is 13.6 Å². The third kappa shape index (κ3) is 6.09. The second-order valence-corrected chi connectivity index (χ2v) is 9.77. The smallest absolute Gasteiger partial charge is 0.411 e. The van der Waals surface area contributed by atoms with Gasteiger partial charge in [0.1, 0.15) is 23.6 Å². The number of nitrogens with zero attached hydrogens (tertiary/aromatic N) is 1. The Labute approximate surface area is 194 Å². The molecule has 0 radical (unpaired) electrons. The molecule has 0 aliphatic carbocycles. The van der Waals surface area contributed by atoms with E-state index < -0.39 is 35.9 Å². The van der Waals surface area contributed by atoms with Crippen LogP contribution < -0.4 is 5.32 Å². The highest BCUT2D eigenvalue weighted by atomic mass is 19.1. The summed E-state index contributed by atoms with van der Waals surface area (Å²) in [7, 11) is 0. The second kappa shape index (κ2) is 9.89. The summed E-state index contributed by atoms with van der Waals surface area (Å²) in [5.41, 5.74) is 1.13. The Morgan fingerprint density at radius 1 is 1.09 bits per heavy atom. The lowest BCUT2D eigenvalue weighted by molar-refractivity contribution is -0.126. The normalized spacial score (nSPS) is 19.5. The number of amides is 2. The molecule has 0 saturated carbocycles. The van der Waals surface area contributed by atoms with Crippen LogP contribution in [0.5, 0.6) is 0 Å². The lowest BCUT2D eigenvalue weighted by Crippen LogP contribution is -2.48. The van der Waals surface area contributed by atoms with Gasteiger partial charge in [0, 0.05) is 6.42 Å². The van der Waals surface area contributed by atoms with E-state index in [1.807, 2.05) is 44.2 Å². The fourth-order valence-corrected chi connectivity index (χ4v) is 3.99. The minimum absolute atomic E-state index is 0.0196. The number of nitrogens with one attached hydrogen (secondary N) is 1. The SMILES string of the molecule is CC(C)c1ccc([C@@H](NC(=O)[C@@H]2C[C@@H](F)CN2C(=O)OC(C)(C)C)c2ccccc2)cc1F. The Morgan fingerprint density at radius 3 is 2.33 bits per heavy atom. The van der Waals surface area contributed by atoms with Crippen molar-refractivity contribution in [3.05, 3.63) is 71.0 Å². The molecule has 2 aromatic rings. The standard InChI is InChI=1S/C26H32F2N2O3/c1-16(2)20-12-11-18(13-21(20)28)23(17-9-7-6-8-10-17)29-24(31)22-14-19(27)15-30(22)25(32)33-26(3,4)5/h6-13,16,19,22-23H,14-15H2,1-5H3,(H,29,31)/t19-,22+,23+/m1/s1. The van der Waals surface area contributed by atoms with Crippen molar-refractivity contribution >= 4 is 12.0 Å². The van der Waals surface area contributed by atoms with Crippen molar-refractivity contribution in [2.45, 2.75) is 70.8 Å². The molecule has 33 heavy (non-hydrogen) atoms. The van der Waals surface area contributed by atoms with Gasteiger partial charge in [-0.3, -0.25) is 9.69 Å². The molecular weight excluding hydrogens is 426 g/mol. The number of carbonyl (C=O) groups is 2. The van der Waals surface area contributed by atoms with Crippen molar-refractivity contribution in [1.29, 1.82) is 0 Å². The number of alkyl halides is 1. The number of ether oxygens (including phenoxy) is 1. The highest BCUT2D eigenvalue weighted by Gasteiger charge is 2.42. The Kier molecular flexibility index (Phi) is 7.40. The molecule has 1 heterocycles. The van der Waals surface area contributed by atoms with Crippen LogP contribution in [-0.4, -0.2) is 41.3 Å². The number of hydrogen-bond donors (Lipinski definition) is 1. The Balaban J connectivity index is 1.89. The first-order chi connectivity index (χ1) is 15.5. The summed E-state index contributed by atoms with van der Waals surface area (Å²) in [6.45, 7) is 8.75. The fourth-order valence-electron chi connectivity index (χ4n) is 3.99. The average Bonchev–Trinajstić information content (AvgIpc) is 3.13. The Bertz CT molecular complexity index is 989. The molecule has 1 fully saturated rings. The lowest BCUT2D eigenvalue weighted by Gasteiger charge is -2.29. The fraction of sp³-hybridized carbons (Fsp3) is 0.462. The number of rotatable bonds is 5. The minimum Gasteiger partial charge on any atom is -0.444 e. The van der Waals surface area contributed by atoms with Crippen LogP contribution in [0.25, 0.3) is 0 Å². The summed E-state index contributed by atoms with van der Waals surface area (Å²) < 4.78 is 34.4. The summed E-state index contributed by atoms with van der Waals surface area (Å²) in [6, 6.07) is 12.4. The number of benzene rings is 2. The van der Waals surface area contributed by atoms with E-state index in [9.17, 15) is 18.4 Å². The van der Waals surface area contributed by atoms with Gasteiger partial charge in [-0.05, 0) is 49.4 Å². The molecular formula is C26H32F2N2O3. The zero-order chi connectivity index (χ0) is 24.3. The first-order valence-electron chi connectivity index (χ1n) is 11.2. The van der Waals surface area contributed by atoms with E-state index >= 15 is 0 Å². The van der Waals surface area contributed by atoms with E-state index in [4.69, 9.17) is 4.74 Å². The zero-order valence-corrected chi connectivity index (χ0v) is 19.8. The monoisotopic (exact) mass is 458 g/mol. The van der Waals surface area contributed by atoms with Crippen molar-refractivity contribution in [3.8, 4) is 0 Å². The molecule has 0 bridgehead atoms. The largest absolute Gasteiger partial charge is 0.444 e. The van der Waals surface area contributed by atoms with Crippen LogP contribution in [-0.2, 0) is 9.53 Å². The first kappa shape index (κ1) is 24.7. The topological polar surface area (TPSA) is 58.6 Å². The van der Waals surface area contributed by atoms with Crippen molar-refractivity contribution in [2.24, 2.45) is 0 Å². The summed E-state index contributed by atoms with van der Waals surface area (Å²) >= 11 is 0. The maximum atomic E-state index is 14.8. The highest BCUT2D eigenvalue weighted by molar-refractivity contribution is 5.87. The summed E-state index contributed by atoms with van der Waals surface area (Å²) in [6.07, 6.45) is -2.18. The predicted octanol–water partition coefficient (Wildman–Crippen LogP) is 5.50. The quantitative estimate of drug-likeness (QED) is 0.644. The van der Waals surface area contributed by atoms with Crippen LogP contribution in [0.15, 0.2) is 48.5 Å². The molecule has 0 unspecified atom stereocenters. The van der Waals surface area contributed by atoms with Crippen LogP contribution in [0, 0.1) is 5.82 Å². The molecule has 0 aromatic heterocycles. The third-order valence-corrected chi connectivity index (χ3v) is 5.58. The van der Waals surface area contributed by atoms with E-state index in [1.54, 1.807) is 32.9 Å². The molecule has 3 atom stereocenters. The van der Waals surface area contributed by atoms with Crippen LogP contribution >= 0.6 is 0 Å². The van der Waals surface area contributed by atoms with E-state index in [1.165, 1.54) is 6.07 Å². The average molecular weight is 459 g/mol. The van der Waals surface area contributed by atoms with Gasteiger partial charge in [0.15, 0.2) is 0 Å². The van der Waals surface area contributed by atoms with Crippen molar-refractivity contribution in [1.82, 2.24) is 10.2 Å². The van der Waals surface area contributed by atoms with Crippen molar-refractivity contribution in [3.63, 3.8) is 0 Å². The van der Waals surface area contributed by atoms with Crippen LogP contribution in [0.1, 0.15) is 69.7 Å². The summed E-state index contributed by atoms with van der Waals surface area (Å²) in [5, 5.41) is 2.91. The molecule has 5 nitrogen and oxygen atoms in total. The summed E-state index contributed by atoms with van der Waals surface area (Å²) in [4.78, 5) is 27.0. The third-order valence-electron chi connectivity index (χ3n) is 5.58. The highest BCUT2D eigenvalue weighted by Crippen LogP contribution is 2.29. The van der Waals surface area contributed by atoms with Gasteiger partial charge >= 0.3 is 6.09 Å². The van der Waals surface area contributed by atoms with Gasteiger partial charge in [0.05, 0.1) is 12.6 Å². The zero-order valence-electron chi connectivity index (χ0n) is 19.8. The van der Waals surface area contributed by atoms with Gasteiger partial charge in [-0.15, -0.1) is 0 Å². The van der Waals surface area contributed by atoms with E-state index in [0.717, 1.165) is 10.5 Å². The molecule has 1 aliphatic heterocycles. The number of hydrogen-bond acceptors (Lipinski definition) is 3. The Hall–Kier alpha value is -2.96. The molecule has 178 valence electrons. The van der Waals surface area contributed by atoms with E-state index in [0.29, 0.717) is 11.1 Å². The molecule has 2 aromatic carbocycles. The Morgan fingerprint density at radius 2 is 1.76 bits per heavy atom. The molecule has 2 amide bonds. The molecule has 0 spiro atoms. The van der Waals surface area contributed by atoms with Crippen molar-refractivity contribution < 1.29 is 23.1 Å². The predicted molar refractivity (Wildman–Crippen MR) is 123 cm³/mol. The number of likely N-dealkylation sites (tertiary alicyclic amines) is 1. The molecule has 1 saturated heterocycles. The second-order valence-electron chi connectivity index (χ2n) is 9.77. The lowest BCUT2D eigenvalue weighted by atomic mass is 9.94. The molecule has 1 aliphatic rings. The van der Waals surface area contributed by atoms with Gasteiger partial charge in [-0.25, -0.2) is 13.6 Å². The van der Waals surface area contributed by atoms with Gasteiger partial charge < -0.3 is 10.1 Å². The van der Waals surface area contributed by atoms with E-state index in [2.05, 4.69) is 5.32 Å². The summed E-state index contributed by atoms with van der Waals surface area (Å²) in [5.74, 6) is -0.841. The van der Waals surface area contributed by atoms with Gasteiger partial charge in [0.25, 0.3) is 0 Å². The van der Waals surface area contributed by atoms with Crippen LogP contribution in [0.2, 0.25) is 0 Å². The molecule has 1 N–H and O–H groups in total. The van der Waals surface area contributed by atoms with E-state index in [-0.39, 0.29) is 24.7 Å². The van der Waals surface area contributed by atoms with Crippen LogP contribution in [0.3, 0.4) is 0 Å². The minimum atomic E-state index is -1.33. The maximum Gasteiger partial charge on any atom is 0.411 e. The number of halogens is 2. The van der Waals surface area contributed by atoms with Gasteiger partial charge in [-0.2, -0.15) is 0 Å². The number of carbonyl (C=O) groups excluding carboxylic acids is 2. The maximum absolute atomic E-state index is 14.8. The van der Waals surface area contributed by atoms with Gasteiger partial charge in [0.2, 0.25) is 5.91 Å². The molecule has 3 rings (SSSR count). The first-order valence-corrected chi connectivity index (χ1v) is 11.2. The van der Waals surface area contributed by atoms with Crippen molar-refractivity contribution in [2.75, 3.05) is 6.54 Å². The molecule has 7 heteroatoms.